The Hall–Kier alpha value is -1.80. The van der Waals surface area contributed by atoms with Crippen molar-refractivity contribution < 1.29 is 8.42 Å². The number of sulfonamides is 1. The minimum Gasteiger partial charge on any atom is -0.343 e. The molecule has 0 aliphatic carbocycles. The average molecular weight is 321 g/mol. The van der Waals surface area contributed by atoms with Crippen LogP contribution in [0.2, 0.25) is 0 Å². The fourth-order valence-corrected chi connectivity index (χ4v) is 3.72. The van der Waals surface area contributed by atoms with Gasteiger partial charge in [0.2, 0.25) is 10.0 Å². The Balaban J connectivity index is 1.91. The van der Waals surface area contributed by atoms with E-state index in [0.717, 1.165) is 24.2 Å². The number of aromatic amines is 1. The fourth-order valence-electron chi connectivity index (χ4n) is 2.81. The van der Waals surface area contributed by atoms with E-state index in [0.29, 0.717) is 24.7 Å². The Bertz CT molecular complexity index is 758. The number of H-pyrrole nitrogens is 1. The summed E-state index contributed by atoms with van der Waals surface area (Å²) in [7, 11) is -3.16. The van der Waals surface area contributed by atoms with E-state index >= 15 is 0 Å². The SMILES string of the molecule is Cc1nc(-c2ncc[nH]2)cc([C@H]2CCCN(S(C)(=O)=O)C2)n1. The average Bonchev–Trinajstić information content (AvgIpc) is 3.00. The Morgan fingerprint density at radius 1 is 1.36 bits per heavy atom. The van der Waals surface area contributed by atoms with E-state index in [1.807, 2.05) is 13.0 Å². The van der Waals surface area contributed by atoms with E-state index < -0.39 is 10.0 Å². The molecule has 1 aliphatic rings. The van der Waals surface area contributed by atoms with Crippen LogP contribution in [0.5, 0.6) is 0 Å². The highest BCUT2D eigenvalue weighted by Gasteiger charge is 2.28. The largest absolute Gasteiger partial charge is 0.343 e. The standard InChI is InChI=1S/C14H19N5O2S/c1-10-17-12(8-13(18-10)14-15-5-6-16-14)11-4-3-7-19(9-11)22(2,20)21/h5-6,8,11H,3-4,7,9H2,1-2H3,(H,15,16)/t11-/m0/s1. The van der Waals surface area contributed by atoms with Gasteiger partial charge < -0.3 is 4.98 Å². The Kier molecular flexibility index (Phi) is 3.96. The first kappa shape index (κ1) is 15.1. The first-order chi connectivity index (χ1) is 10.4. The fraction of sp³-hybridized carbons (Fsp3) is 0.500. The maximum atomic E-state index is 11.8. The van der Waals surface area contributed by atoms with Crippen LogP contribution in [0.3, 0.4) is 0 Å². The van der Waals surface area contributed by atoms with Gasteiger partial charge in [-0.05, 0) is 25.8 Å². The van der Waals surface area contributed by atoms with Crippen LogP contribution in [0.1, 0.15) is 30.3 Å². The molecule has 0 spiro atoms. The maximum Gasteiger partial charge on any atom is 0.211 e. The molecule has 22 heavy (non-hydrogen) atoms. The third kappa shape index (κ3) is 3.17. The molecule has 0 aromatic carbocycles. The molecule has 7 nitrogen and oxygen atoms in total. The smallest absolute Gasteiger partial charge is 0.211 e. The summed E-state index contributed by atoms with van der Waals surface area (Å²) < 4.78 is 25.1. The molecule has 1 saturated heterocycles. The summed E-state index contributed by atoms with van der Waals surface area (Å²) in [6.45, 7) is 2.91. The molecule has 3 heterocycles. The van der Waals surface area contributed by atoms with Crippen molar-refractivity contribution in [2.75, 3.05) is 19.3 Å². The minimum absolute atomic E-state index is 0.0962. The molecule has 0 unspecified atom stereocenters. The van der Waals surface area contributed by atoms with Gasteiger partial charge in [-0.1, -0.05) is 0 Å². The second-order valence-corrected chi connectivity index (χ2v) is 7.61. The van der Waals surface area contributed by atoms with E-state index in [9.17, 15) is 8.42 Å². The van der Waals surface area contributed by atoms with Crippen molar-refractivity contribution in [3.05, 3.63) is 30.0 Å². The number of piperidine rings is 1. The van der Waals surface area contributed by atoms with Gasteiger partial charge in [-0.15, -0.1) is 0 Å². The van der Waals surface area contributed by atoms with Crippen molar-refractivity contribution in [2.24, 2.45) is 0 Å². The van der Waals surface area contributed by atoms with Crippen LogP contribution in [0.15, 0.2) is 18.5 Å². The number of imidazole rings is 1. The van der Waals surface area contributed by atoms with E-state index in [-0.39, 0.29) is 5.92 Å². The molecule has 8 heteroatoms. The van der Waals surface area contributed by atoms with Crippen molar-refractivity contribution in [2.45, 2.75) is 25.7 Å². The highest BCUT2D eigenvalue weighted by molar-refractivity contribution is 7.88. The summed E-state index contributed by atoms with van der Waals surface area (Å²) in [5, 5.41) is 0. The normalized spacial score (nSPS) is 20.2. The monoisotopic (exact) mass is 321 g/mol. The zero-order chi connectivity index (χ0) is 15.7. The van der Waals surface area contributed by atoms with Crippen molar-refractivity contribution in [1.29, 1.82) is 0 Å². The molecule has 1 fully saturated rings. The van der Waals surface area contributed by atoms with Crippen LogP contribution < -0.4 is 0 Å². The molecule has 3 rings (SSSR count). The highest BCUT2D eigenvalue weighted by atomic mass is 32.2. The van der Waals surface area contributed by atoms with Crippen molar-refractivity contribution >= 4 is 10.0 Å². The first-order valence-electron chi connectivity index (χ1n) is 7.24. The van der Waals surface area contributed by atoms with Crippen LogP contribution in [-0.4, -0.2) is 52.0 Å². The number of nitrogens with one attached hydrogen (secondary N) is 1. The van der Waals surface area contributed by atoms with Crippen molar-refractivity contribution in [3.63, 3.8) is 0 Å². The van der Waals surface area contributed by atoms with Gasteiger partial charge in [0.05, 0.1) is 6.26 Å². The van der Waals surface area contributed by atoms with E-state index in [4.69, 9.17) is 0 Å². The van der Waals surface area contributed by atoms with Gasteiger partial charge in [-0.25, -0.2) is 27.7 Å². The van der Waals surface area contributed by atoms with Crippen LogP contribution in [-0.2, 0) is 10.0 Å². The zero-order valence-electron chi connectivity index (χ0n) is 12.7. The van der Waals surface area contributed by atoms with Gasteiger partial charge >= 0.3 is 0 Å². The van der Waals surface area contributed by atoms with Crippen LogP contribution in [0.4, 0.5) is 0 Å². The number of aryl methyl sites for hydroxylation is 1. The van der Waals surface area contributed by atoms with Crippen LogP contribution in [0.25, 0.3) is 11.5 Å². The number of aromatic nitrogens is 4. The molecule has 2 aromatic heterocycles. The lowest BCUT2D eigenvalue weighted by molar-refractivity contribution is 0.314. The number of nitrogens with zero attached hydrogens (tertiary/aromatic N) is 4. The van der Waals surface area contributed by atoms with Crippen molar-refractivity contribution in [1.82, 2.24) is 24.2 Å². The molecule has 2 aromatic rings. The third-order valence-corrected chi connectivity index (χ3v) is 5.14. The molecule has 1 atom stereocenters. The van der Waals surface area contributed by atoms with Gasteiger partial charge in [0.1, 0.15) is 11.5 Å². The second-order valence-electron chi connectivity index (χ2n) is 5.62. The summed E-state index contributed by atoms with van der Waals surface area (Å²) in [5.41, 5.74) is 1.62. The summed E-state index contributed by atoms with van der Waals surface area (Å²) in [5.74, 6) is 1.46. The molecule has 0 saturated carbocycles. The van der Waals surface area contributed by atoms with E-state index in [1.165, 1.54) is 10.6 Å². The van der Waals surface area contributed by atoms with Crippen LogP contribution in [0, 0.1) is 6.92 Å². The van der Waals surface area contributed by atoms with E-state index in [2.05, 4.69) is 19.9 Å². The quantitative estimate of drug-likeness (QED) is 0.920. The Morgan fingerprint density at radius 3 is 2.86 bits per heavy atom. The lowest BCUT2D eigenvalue weighted by Crippen LogP contribution is -2.38. The Labute approximate surface area is 129 Å². The summed E-state index contributed by atoms with van der Waals surface area (Å²) in [6.07, 6.45) is 6.46. The molecular weight excluding hydrogens is 302 g/mol. The second kappa shape index (κ2) is 5.77. The predicted octanol–water partition coefficient (Wildman–Crippen LogP) is 1.31. The minimum atomic E-state index is -3.16. The van der Waals surface area contributed by atoms with Gasteiger partial charge in [0.25, 0.3) is 0 Å². The summed E-state index contributed by atoms with van der Waals surface area (Å²) in [6, 6.07) is 1.91. The lowest BCUT2D eigenvalue weighted by Gasteiger charge is -2.30. The molecule has 1 N–H and O–H groups in total. The number of hydrogen-bond acceptors (Lipinski definition) is 5. The molecule has 0 amide bonds. The lowest BCUT2D eigenvalue weighted by atomic mass is 9.95. The molecular formula is C14H19N5O2S. The third-order valence-electron chi connectivity index (χ3n) is 3.87. The molecule has 0 radical (unpaired) electrons. The number of rotatable bonds is 3. The predicted molar refractivity (Wildman–Crippen MR) is 82.7 cm³/mol. The molecule has 0 bridgehead atoms. The van der Waals surface area contributed by atoms with E-state index in [1.54, 1.807) is 12.4 Å². The van der Waals surface area contributed by atoms with Crippen molar-refractivity contribution in [3.8, 4) is 11.5 Å². The zero-order valence-corrected chi connectivity index (χ0v) is 13.5. The van der Waals surface area contributed by atoms with Gasteiger partial charge in [0.15, 0.2) is 5.82 Å². The van der Waals surface area contributed by atoms with Gasteiger partial charge in [0, 0.05) is 37.1 Å². The molecule has 1 aliphatic heterocycles. The summed E-state index contributed by atoms with van der Waals surface area (Å²) >= 11 is 0. The Morgan fingerprint density at radius 2 is 2.18 bits per heavy atom. The van der Waals surface area contributed by atoms with Crippen LogP contribution >= 0.6 is 0 Å². The maximum absolute atomic E-state index is 11.8. The van der Waals surface area contributed by atoms with Gasteiger partial charge in [-0.3, -0.25) is 0 Å². The number of hydrogen-bond donors (Lipinski definition) is 1. The highest BCUT2D eigenvalue weighted by Crippen LogP contribution is 2.28. The molecule has 118 valence electrons. The summed E-state index contributed by atoms with van der Waals surface area (Å²) in [4.78, 5) is 16.2. The topological polar surface area (TPSA) is 91.8 Å². The first-order valence-corrected chi connectivity index (χ1v) is 9.09. The van der Waals surface area contributed by atoms with Gasteiger partial charge in [-0.2, -0.15) is 0 Å².